The van der Waals surface area contributed by atoms with Gasteiger partial charge in [-0.15, -0.1) is 0 Å². The van der Waals surface area contributed by atoms with E-state index in [2.05, 4.69) is 0 Å². The van der Waals surface area contributed by atoms with Gasteiger partial charge >= 0.3 is 11.7 Å². The number of nitrogens with zero attached hydrogens (tertiary/aromatic N) is 1. The van der Waals surface area contributed by atoms with Crippen molar-refractivity contribution in [1.29, 1.82) is 0 Å². The topological polar surface area (TPSA) is 70.7 Å². The van der Waals surface area contributed by atoms with Gasteiger partial charge in [0.05, 0.1) is 19.2 Å². The summed E-state index contributed by atoms with van der Waals surface area (Å²) in [5.41, 5.74) is 1.09. The number of aromatic nitrogens is 1. The molecule has 0 aliphatic heterocycles. The van der Waals surface area contributed by atoms with E-state index < -0.39 is 5.76 Å². The summed E-state index contributed by atoms with van der Waals surface area (Å²) in [6.45, 7) is 1.69. The van der Waals surface area contributed by atoms with Crippen LogP contribution < -0.4 is 10.5 Å². The summed E-state index contributed by atoms with van der Waals surface area (Å²) in [6.07, 6.45) is 0. The minimum absolute atomic E-state index is 0.126. The zero-order valence-electron chi connectivity index (χ0n) is 10.1. The van der Waals surface area contributed by atoms with Gasteiger partial charge in [0.2, 0.25) is 0 Å². The van der Waals surface area contributed by atoms with E-state index in [1.54, 1.807) is 25.3 Å². The Kier molecular flexibility index (Phi) is 3.36. The number of carbonyl (C=O) groups is 1. The van der Waals surface area contributed by atoms with Gasteiger partial charge in [-0.3, -0.25) is 9.36 Å². The van der Waals surface area contributed by atoms with Crippen LogP contribution in [0, 0.1) is 0 Å². The molecule has 6 nitrogen and oxygen atoms in total. The number of carbonyl (C=O) groups excluding carboxylic acids is 1. The van der Waals surface area contributed by atoms with Gasteiger partial charge in [-0.2, -0.15) is 0 Å². The molecule has 0 amide bonds. The molecule has 0 unspecified atom stereocenters. The molecular weight excluding hydrogens is 238 g/mol. The lowest BCUT2D eigenvalue weighted by atomic mass is 10.3. The predicted molar refractivity (Wildman–Crippen MR) is 63.7 cm³/mol. The first-order valence-electron chi connectivity index (χ1n) is 5.42. The summed E-state index contributed by atoms with van der Waals surface area (Å²) < 4.78 is 16.4. The molecule has 1 heterocycles. The standard InChI is InChI=1S/C12H13NO5/c1-8(14)17-6-5-13-10-7-9(16-2)3-4-11(10)18-12(13)15/h3-4,7H,5-6H2,1-2H3. The van der Waals surface area contributed by atoms with E-state index in [4.69, 9.17) is 13.9 Å². The molecule has 0 N–H and O–H groups in total. The molecule has 1 aromatic carbocycles. The predicted octanol–water partition coefficient (Wildman–Crippen LogP) is 1.17. The fourth-order valence-corrected chi connectivity index (χ4v) is 1.66. The average molecular weight is 251 g/mol. The van der Waals surface area contributed by atoms with Gasteiger partial charge in [-0.25, -0.2) is 4.79 Å². The number of benzene rings is 1. The number of ether oxygens (including phenoxy) is 2. The first-order chi connectivity index (χ1) is 8.61. The van der Waals surface area contributed by atoms with E-state index in [1.807, 2.05) is 0 Å². The molecule has 6 heteroatoms. The molecule has 0 radical (unpaired) electrons. The summed E-state index contributed by atoms with van der Waals surface area (Å²) in [4.78, 5) is 22.3. The lowest BCUT2D eigenvalue weighted by Gasteiger charge is -2.03. The fourth-order valence-electron chi connectivity index (χ4n) is 1.66. The Morgan fingerprint density at radius 1 is 1.44 bits per heavy atom. The van der Waals surface area contributed by atoms with Crippen LogP contribution in [0.1, 0.15) is 6.92 Å². The molecule has 2 aromatic rings. The first-order valence-corrected chi connectivity index (χ1v) is 5.42. The molecule has 0 spiro atoms. The summed E-state index contributed by atoms with van der Waals surface area (Å²) in [6, 6.07) is 5.08. The number of hydrogen-bond donors (Lipinski definition) is 0. The van der Waals surface area contributed by atoms with Crippen LogP contribution in [0.15, 0.2) is 27.4 Å². The van der Waals surface area contributed by atoms with Gasteiger partial charge in [-0.1, -0.05) is 0 Å². The summed E-state index contributed by atoms with van der Waals surface area (Å²) in [5.74, 6) is -0.233. The highest BCUT2D eigenvalue weighted by Gasteiger charge is 2.10. The van der Waals surface area contributed by atoms with E-state index in [0.717, 1.165) is 0 Å². The minimum Gasteiger partial charge on any atom is -0.497 e. The number of rotatable bonds is 4. The molecule has 0 saturated heterocycles. The van der Waals surface area contributed by atoms with Crippen LogP contribution in [0.25, 0.3) is 11.1 Å². The van der Waals surface area contributed by atoms with Crippen molar-refractivity contribution in [2.24, 2.45) is 0 Å². The number of fused-ring (bicyclic) bond motifs is 1. The Bertz CT molecular complexity index is 625. The summed E-state index contributed by atoms with van der Waals surface area (Å²) in [5, 5.41) is 0. The van der Waals surface area contributed by atoms with Gasteiger partial charge < -0.3 is 13.9 Å². The van der Waals surface area contributed by atoms with Crippen LogP contribution in [-0.4, -0.2) is 24.3 Å². The molecule has 0 aliphatic carbocycles. The van der Waals surface area contributed by atoms with E-state index in [9.17, 15) is 9.59 Å². The molecule has 0 fully saturated rings. The zero-order chi connectivity index (χ0) is 13.1. The van der Waals surface area contributed by atoms with Crippen molar-refractivity contribution in [2.45, 2.75) is 13.5 Å². The average Bonchev–Trinajstić information content (AvgIpc) is 2.64. The largest absolute Gasteiger partial charge is 0.497 e. The second-order valence-electron chi connectivity index (χ2n) is 3.69. The molecule has 1 aromatic heterocycles. The van der Waals surface area contributed by atoms with Crippen LogP contribution in [0.3, 0.4) is 0 Å². The van der Waals surface area contributed by atoms with Crippen molar-refractivity contribution >= 4 is 17.1 Å². The Morgan fingerprint density at radius 2 is 2.22 bits per heavy atom. The summed E-state index contributed by atoms with van der Waals surface area (Å²) in [7, 11) is 1.54. The molecule has 0 aliphatic rings. The second-order valence-corrected chi connectivity index (χ2v) is 3.69. The van der Waals surface area contributed by atoms with Crippen molar-refractivity contribution in [3.8, 4) is 5.75 Å². The number of hydrogen-bond acceptors (Lipinski definition) is 5. The van der Waals surface area contributed by atoms with E-state index >= 15 is 0 Å². The number of esters is 1. The Balaban J connectivity index is 2.33. The SMILES string of the molecule is COc1ccc2oc(=O)n(CCOC(C)=O)c2c1. The Labute approximate surface area is 103 Å². The maximum absolute atomic E-state index is 11.6. The first kappa shape index (κ1) is 12.2. The van der Waals surface area contributed by atoms with Gasteiger partial charge in [-0.05, 0) is 12.1 Å². The van der Waals surface area contributed by atoms with E-state index in [1.165, 1.54) is 11.5 Å². The zero-order valence-corrected chi connectivity index (χ0v) is 10.1. The maximum Gasteiger partial charge on any atom is 0.420 e. The monoisotopic (exact) mass is 251 g/mol. The maximum atomic E-state index is 11.6. The minimum atomic E-state index is -0.481. The molecule has 18 heavy (non-hydrogen) atoms. The normalized spacial score (nSPS) is 10.6. The lowest BCUT2D eigenvalue weighted by molar-refractivity contribution is -0.141. The van der Waals surface area contributed by atoms with Crippen molar-refractivity contribution < 1.29 is 18.7 Å². The summed E-state index contributed by atoms with van der Waals surface area (Å²) >= 11 is 0. The highest BCUT2D eigenvalue weighted by molar-refractivity contribution is 5.74. The van der Waals surface area contributed by atoms with Crippen molar-refractivity contribution in [1.82, 2.24) is 4.57 Å². The van der Waals surface area contributed by atoms with Gasteiger partial charge in [0.15, 0.2) is 5.58 Å². The molecule has 0 saturated carbocycles. The third-order valence-corrected chi connectivity index (χ3v) is 2.49. The molecule has 0 bridgehead atoms. The van der Waals surface area contributed by atoms with Crippen LogP contribution >= 0.6 is 0 Å². The van der Waals surface area contributed by atoms with E-state index in [-0.39, 0.29) is 19.1 Å². The smallest absolute Gasteiger partial charge is 0.420 e. The molecular formula is C12H13NO5. The number of methoxy groups -OCH3 is 1. The second kappa shape index (κ2) is 4.95. The fraction of sp³-hybridized carbons (Fsp3) is 0.333. The van der Waals surface area contributed by atoms with E-state index in [0.29, 0.717) is 16.8 Å². The molecule has 0 atom stereocenters. The van der Waals surface area contributed by atoms with Crippen LogP contribution in [0.5, 0.6) is 5.75 Å². The number of oxazole rings is 1. The Morgan fingerprint density at radius 3 is 2.89 bits per heavy atom. The van der Waals surface area contributed by atoms with Gasteiger partial charge in [0.25, 0.3) is 0 Å². The third kappa shape index (κ3) is 2.37. The van der Waals surface area contributed by atoms with Crippen LogP contribution in [-0.2, 0) is 16.1 Å². The highest BCUT2D eigenvalue weighted by atomic mass is 16.5. The lowest BCUT2D eigenvalue weighted by Crippen LogP contribution is -2.18. The van der Waals surface area contributed by atoms with Gasteiger partial charge in [0.1, 0.15) is 12.4 Å². The van der Waals surface area contributed by atoms with Crippen molar-refractivity contribution in [2.75, 3.05) is 13.7 Å². The van der Waals surface area contributed by atoms with Gasteiger partial charge in [0, 0.05) is 13.0 Å². The highest BCUT2D eigenvalue weighted by Crippen LogP contribution is 2.19. The Hall–Kier alpha value is -2.24. The third-order valence-electron chi connectivity index (χ3n) is 2.49. The molecule has 2 rings (SSSR count). The van der Waals surface area contributed by atoms with Crippen molar-refractivity contribution in [3.63, 3.8) is 0 Å². The van der Waals surface area contributed by atoms with Crippen LogP contribution in [0.2, 0.25) is 0 Å². The quantitative estimate of drug-likeness (QED) is 0.763. The molecule has 96 valence electrons. The van der Waals surface area contributed by atoms with Crippen molar-refractivity contribution in [3.05, 3.63) is 28.7 Å². The van der Waals surface area contributed by atoms with Crippen LogP contribution in [0.4, 0.5) is 0 Å².